The lowest BCUT2D eigenvalue weighted by molar-refractivity contribution is -0.118. The Kier molecular flexibility index (Phi) is 4.07. The molecule has 0 atom stereocenters. The van der Waals surface area contributed by atoms with Crippen LogP contribution < -0.4 is 5.32 Å². The smallest absolute Gasteiger partial charge is 0.221 e. The first-order valence-electron chi connectivity index (χ1n) is 5.44. The summed E-state index contributed by atoms with van der Waals surface area (Å²) in [5.41, 5.74) is 1.34. The van der Waals surface area contributed by atoms with E-state index in [-0.39, 0.29) is 5.91 Å². The molecular formula is C13H19NO2. The van der Waals surface area contributed by atoms with E-state index in [4.69, 9.17) is 0 Å². The molecule has 1 amide bonds. The molecule has 0 saturated carbocycles. The minimum atomic E-state index is -0.664. The molecule has 2 N–H and O–H groups in total. The van der Waals surface area contributed by atoms with E-state index in [1.54, 1.807) is 13.8 Å². The monoisotopic (exact) mass is 221 g/mol. The van der Waals surface area contributed by atoms with Crippen molar-refractivity contribution in [3.05, 3.63) is 35.6 Å². The molecule has 1 aliphatic rings. The van der Waals surface area contributed by atoms with Crippen molar-refractivity contribution >= 4 is 5.91 Å². The first kappa shape index (κ1) is 12.7. The summed E-state index contributed by atoms with van der Waals surface area (Å²) < 4.78 is 0. The third-order valence-electron chi connectivity index (χ3n) is 2.22. The zero-order valence-corrected chi connectivity index (χ0v) is 10.1. The van der Waals surface area contributed by atoms with E-state index in [2.05, 4.69) is 5.32 Å². The normalized spacial score (nSPS) is 18.5. The Hall–Kier alpha value is -1.35. The highest BCUT2D eigenvalue weighted by molar-refractivity contribution is 5.75. The molecule has 0 bridgehead atoms. The molecule has 0 spiro atoms. The summed E-state index contributed by atoms with van der Waals surface area (Å²) in [7, 11) is 0. The molecule has 0 saturated heterocycles. The van der Waals surface area contributed by atoms with Gasteiger partial charge in [-0.1, -0.05) is 18.2 Å². The van der Waals surface area contributed by atoms with Gasteiger partial charge in [0, 0.05) is 12.6 Å². The van der Waals surface area contributed by atoms with E-state index in [9.17, 15) is 9.90 Å². The Bertz CT molecular complexity index is 357. The first-order chi connectivity index (χ1) is 7.37. The molecule has 0 radical (unpaired) electrons. The van der Waals surface area contributed by atoms with Crippen molar-refractivity contribution in [3.63, 3.8) is 0 Å². The summed E-state index contributed by atoms with van der Waals surface area (Å²) in [5.74, 6) is -0.0557. The fourth-order valence-corrected chi connectivity index (χ4v) is 1.39. The van der Waals surface area contributed by atoms with Crippen molar-refractivity contribution < 1.29 is 9.90 Å². The molecule has 0 unspecified atom stereocenters. The molecular weight excluding hydrogens is 202 g/mol. The molecule has 0 heterocycles. The third-order valence-corrected chi connectivity index (χ3v) is 2.22. The maximum atomic E-state index is 10.8. The van der Waals surface area contributed by atoms with Gasteiger partial charge in [0.25, 0.3) is 0 Å². The van der Waals surface area contributed by atoms with E-state index >= 15 is 0 Å². The number of allylic oxidation sites excluding steroid dienone is 4. The predicted octanol–water partition coefficient (Wildman–Crippen LogP) is 2.05. The zero-order valence-electron chi connectivity index (χ0n) is 10.1. The number of hydrogen-bond acceptors (Lipinski definition) is 2. The lowest BCUT2D eigenvalue weighted by atomic mass is 9.99. The van der Waals surface area contributed by atoms with E-state index in [0.29, 0.717) is 6.42 Å². The van der Waals surface area contributed by atoms with Crippen LogP contribution in [0.3, 0.4) is 0 Å². The van der Waals surface area contributed by atoms with Crippen LogP contribution in [0, 0.1) is 0 Å². The number of hydrogen-bond donors (Lipinski definition) is 2. The lowest BCUT2D eigenvalue weighted by Gasteiger charge is -2.15. The fourth-order valence-electron chi connectivity index (χ4n) is 1.39. The van der Waals surface area contributed by atoms with Crippen molar-refractivity contribution in [2.24, 2.45) is 0 Å². The number of carbonyl (C=O) groups excluding carboxylic acids is 1. The number of nitrogens with one attached hydrogen (secondary N) is 1. The topological polar surface area (TPSA) is 49.3 Å². The second-order valence-corrected chi connectivity index (χ2v) is 4.67. The van der Waals surface area contributed by atoms with Crippen LogP contribution in [0.5, 0.6) is 0 Å². The molecule has 1 rings (SSSR count). The summed E-state index contributed by atoms with van der Waals surface area (Å²) in [6, 6.07) is 0. The van der Waals surface area contributed by atoms with E-state index in [0.717, 1.165) is 17.7 Å². The summed E-state index contributed by atoms with van der Waals surface area (Å²) >= 11 is 0. The van der Waals surface area contributed by atoms with Crippen LogP contribution in [0.1, 0.15) is 33.6 Å². The van der Waals surface area contributed by atoms with Crippen LogP contribution in [0.4, 0.5) is 0 Å². The van der Waals surface area contributed by atoms with Crippen LogP contribution in [-0.2, 0) is 4.79 Å². The molecule has 0 aliphatic heterocycles. The van der Waals surface area contributed by atoms with Crippen LogP contribution in [-0.4, -0.2) is 16.6 Å². The molecule has 0 aromatic heterocycles. The van der Waals surface area contributed by atoms with Gasteiger partial charge in [-0.15, -0.1) is 0 Å². The molecule has 3 nitrogen and oxygen atoms in total. The van der Waals surface area contributed by atoms with E-state index in [1.807, 2.05) is 24.3 Å². The Morgan fingerprint density at radius 2 is 2.25 bits per heavy atom. The van der Waals surface area contributed by atoms with Crippen molar-refractivity contribution in [1.82, 2.24) is 5.32 Å². The van der Waals surface area contributed by atoms with Crippen molar-refractivity contribution in [2.45, 2.75) is 39.2 Å². The maximum absolute atomic E-state index is 10.8. The Labute approximate surface area is 96.5 Å². The van der Waals surface area contributed by atoms with Crippen LogP contribution in [0.25, 0.3) is 0 Å². The zero-order chi connectivity index (χ0) is 12.2. The van der Waals surface area contributed by atoms with Crippen molar-refractivity contribution in [1.29, 1.82) is 0 Å². The molecule has 0 aromatic rings. The SMILES string of the molecule is CC(=O)NC1=CCC(=CCC(C)(C)O)C=C1. The van der Waals surface area contributed by atoms with Gasteiger partial charge in [0.15, 0.2) is 0 Å². The lowest BCUT2D eigenvalue weighted by Crippen LogP contribution is -2.19. The van der Waals surface area contributed by atoms with E-state index < -0.39 is 5.60 Å². The number of rotatable bonds is 3. The molecule has 1 aliphatic carbocycles. The van der Waals surface area contributed by atoms with Gasteiger partial charge >= 0.3 is 0 Å². The predicted molar refractivity (Wildman–Crippen MR) is 64.7 cm³/mol. The van der Waals surface area contributed by atoms with E-state index in [1.165, 1.54) is 6.92 Å². The second kappa shape index (κ2) is 5.12. The number of amides is 1. The van der Waals surface area contributed by atoms with Crippen molar-refractivity contribution in [3.8, 4) is 0 Å². The molecule has 0 aromatic carbocycles. The quantitative estimate of drug-likeness (QED) is 0.766. The van der Waals surface area contributed by atoms with Crippen LogP contribution >= 0.6 is 0 Å². The molecule has 88 valence electrons. The number of aliphatic hydroxyl groups is 1. The summed E-state index contributed by atoms with van der Waals surface area (Å²) in [6.45, 7) is 5.07. The summed E-state index contributed by atoms with van der Waals surface area (Å²) in [5, 5.41) is 12.3. The van der Waals surface area contributed by atoms with Gasteiger partial charge in [-0.2, -0.15) is 0 Å². The van der Waals surface area contributed by atoms with Gasteiger partial charge in [-0.3, -0.25) is 4.79 Å². The first-order valence-corrected chi connectivity index (χ1v) is 5.44. The summed E-state index contributed by atoms with van der Waals surface area (Å²) in [6.07, 6.45) is 9.27. The van der Waals surface area contributed by atoms with Gasteiger partial charge in [0.1, 0.15) is 0 Å². The minimum Gasteiger partial charge on any atom is -0.390 e. The Balaban J connectivity index is 2.52. The largest absolute Gasteiger partial charge is 0.390 e. The molecule has 0 fully saturated rings. The maximum Gasteiger partial charge on any atom is 0.221 e. The standard InChI is InChI=1S/C13H19NO2/c1-10(15)14-12-6-4-11(5-7-12)8-9-13(2,3)16/h4,6-8,16H,5,9H2,1-3H3,(H,14,15). The molecule has 3 heteroatoms. The summed E-state index contributed by atoms with van der Waals surface area (Å²) in [4.78, 5) is 10.8. The van der Waals surface area contributed by atoms with Crippen LogP contribution in [0.2, 0.25) is 0 Å². The van der Waals surface area contributed by atoms with Gasteiger partial charge in [0.2, 0.25) is 5.91 Å². The highest BCUT2D eigenvalue weighted by Gasteiger charge is 2.10. The Morgan fingerprint density at radius 1 is 1.56 bits per heavy atom. The van der Waals surface area contributed by atoms with Crippen LogP contribution in [0.15, 0.2) is 35.6 Å². The van der Waals surface area contributed by atoms with Gasteiger partial charge in [0.05, 0.1) is 5.60 Å². The highest BCUT2D eigenvalue weighted by atomic mass is 16.3. The molecule has 16 heavy (non-hydrogen) atoms. The van der Waals surface area contributed by atoms with Gasteiger partial charge < -0.3 is 10.4 Å². The number of carbonyl (C=O) groups is 1. The average molecular weight is 221 g/mol. The average Bonchev–Trinajstić information content (AvgIpc) is 2.14. The van der Waals surface area contributed by atoms with Gasteiger partial charge in [-0.05, 0) is 38.3 Å². The highest BCUT2D eigenvalue weighted by Crippen LogP contribution is 2.17. The minimum absolute atomic E-state index is 0.0557. The second-order valence-electron chi connectivity index (χ2n) is 4.67. The Morgan fingerprint density at radius 3 is 2.69 bits per heavy atom. The van der Waals surface area contributed by atoms with Gasteiger partial charge in [-0.25, -0.2) is 0 Å². The van der Waals surface area contributed by atoms with Crippen molar-refractivity contribution in [2.75, 3.05) is 0 Å². The fraction of sp³-hybridized carbons (Fsp3) is 0.462. The third kappa shape index (κ3) is 4.94.